The summed E-state index contributed by atoms with van der Waals surface area (Å²) in [6.45, 7) is 6.69. The van der Waals surface area contributed by atoms with Crippen molar-refractivity contribution in [1.82, 2.24) is 0 Å². The van der Waals surface area contributed by atoms with E-state index in [1.165, 1.54) is 6.42 Å². The van der Waals surface area contributed by atoms with Gasteiger partial charge in [0.25, 0.3) is 0 Å². The molecule has 2 nitrogen and oxygen atoms in total. The van der Waals surface area contributed by atoms with E-state index in [1.807, 2.05) is 24.3 Å². The Morgan fingerprint density at radius 2 is 1.75 bits per heavy atom. The molecule has 0 aromatic heterocycles. The Hall–Kier alpha value is -1.70. The Balaban J connectivity index is 1.98. The molecule has 2 aliphatic carbocycles. The van der Waals surface area contributed by atoms with Crippen molar-refractivity contribution in [2.75, 3.05) is 0 Å². The van der Waals surface area contributed by atoms with Crippen LogP contribution >= 0.6 is 0 Å². The van der Waals surface area contributed by atoms with Crippen LogP contribution in [0.25, 0.3) is 0 Å². The number of Topliss-reactive ketones (excluding diaryl/α,β-unsaturated/α-hetero) is 2. The predicted molar refractivity (Wildman–Crippen MR) is 97.3 cm³/mol. The van der Waals surface area contributed by atoms with Crippen molar-refractivity contribution in [1.29, 1.82) is 0 Å². The zero-order valence-electron chi connectivity index (χ0n) is 15.1. The van der Waals surface area contributed by atoms with Crippen LogP contribution in [0.2, 0.25) is 0 Å². The molecule has 128 valence electrons. The van der Waals surface area contributed by atoms with Crippen LogP contribution in [0.4, 0.5) is 0 Å². The summed E-state index contributed by atoms with van der Waals surface area (Å²) in [5.74, 6) is 1.69. The van der Waals surface area contributed by atoms with Gasteiger partial charge in [0, 0.05) is 22.3 Å². The monoisotopic (exact) mass is 324 g/mol. The van der Waals surface area contributed by atoms with Gasteiger partial charge in [-0.15, -0.1) is 0 Å². The summed E-state index contributed by atoms with van der Waals surface area (Å²) < 4.78 is 0. The van der Waals surface area contributed by atoms with Crippen LogP contribution in [-0.4, -0.2) is 11.6 Å². The van der Waals surface area contributed by atoms with Crippen LogP contribution in [0.15, 0.2) is 35.4 Å². The second-order valence-electron chi connectivity index (χ2n) is 7.60. The highest BCUT2D eigenvalue weighted by molar-refractivity contribution is 6.27. The molecule has 2 heteroatoms. The SMILES string of the molecule is CCC(C)CCC1CC(CC)CC2=C1C(=O)c1ccccc1C2=O. The molecule has 0 spiro atoms. The van der Waals surface area contributed by atoms with Gasteiger partial charge >= 0.3 is 0 Å². The summed E-state index contributed by atoms with van der Waals surface area (Å²) in [6, 6.07) is 7.34. The number of hydrogen-bond acceptors (Lipinski definition) is 2. The molecule has 0 N–H and O–H groups in total. The maximum atomic E-state index is 13.1. The van der Waals surface area contributed by atoms with E-state index in [0.29, 0.717) is 23.0 Å². The number of ketones is 2. The Morgan fingerprint density at radius 1 is 1.08 bits per heavy atom. The lowest BCUT2D eigenvalue weighted by Crippen LogP contribution is -2.32. The van der Waals surface area contributed by atoms with Crippen molar-refractivity contribution >= 4 is 11.6 Å². The molecule has 3 rings (SSSR count). The first-order valence-electron chi connectivity index (χ1n) is 9.48. The number of carbonyl (C=O) groups is 2. The maximum absolute atomic E-state index is 13.1. The predicted octanol–water partition coefficient (Wildman–Crippen LogP) is 5.62. The molecule has 0 saturated heterocycles. The molecule has 0 amide bonds. The van der Waals surface area contributed by atoms with E-state index in [4.69, 9.17) is 0 Å². The molecular weight excluding hydrogens is 296 g/mol. The molecular formula is C22H28O2. The van der Waals surface area contributed by atoms with Crippen molar-refractivity contribution in [3.8, 4) is 0 Å². The Bertz CT molecular complexity index is 683. The average molecular weight is 324 g/mol. The number of rotatable bonds is 5. The minimum Gasteiger partial charge on any atom is -0.289 e. The van der Waals surface area contributed by atoms with Crippen molar-refractivity contribution < 1.29 is 9.59 Å². The molecule has 0 bridgehead atoms. The molecule has 1 aromatic rings. The highest BCUT2D eigenvalue weighted by Crippen LogP contribution is 2.43. The normalized spacial score (nSPS) is 24.6. The molecule has 3 unspecified atom stereocenters. The van der Waals surface area contributed by atoms with E-state index in [0.717, 1.165) is 43.3 Å². The Kier molecular flexibility index (Phi) is 5.03. The molecule has 24 heavy (non-hydrogen) atoms. The fourth-order valence-electron chi connectivity index (χ4n) is 4.24. The van der Waals surface area contributed by atoms with Crippen molar-refractivity contribution in [2.24, 2.45) is 17.8 Å². The zero-order chi connectivity index (χ0) is 17.3. The Morgan fingerprint density at radius 3 is 2.38 bits per heavy atom. The van der Waals surface area contributed by atoms with Crippen LogP contribution in [0.1, 0.15) is 80.0 Å². The number of carbonyl (C=O) groups excluding carboxylic acids is 2. The van der Waals surface area contributed by atoms with E-state index < -0.39 is 0 Å². The highest BCUT2D eigenvalue weighted by Gasteiger charge is 2.39. The topological polar surface area (TPSA) is 34.1 Å². The van der Waals surface area contributed by atoms with Gasteiger partial charge in [-0.25, -0.2) is 0 Å². The summed E-state index contributed by atoms with van der Waals surface area (Å²) in [7, 11) is 0. The standard InChI is InChI=1S/C22H28O2/c1-4-14(3)10-11-16-12-15(5-2)13-19-20(16)22(24)18-9-7-6-8-17(18)21(19)23/h6-9,14-16H,4-5,10-13H2,1-3H3. The molecule has 1 aromatic carbocycles. The number of hydrogen-bond donors (Lipinski definition) is 0. The van der Waals surface area contributed by atoms with Crippen molar-refractivity contribution in [2.45, 2.75) is 59.3 Å². The molecule has 0 saturated carbocycles. The van der Waals surface area contributed by atoms with Crippen molar-refractivity contribution in [3.05, 3.63) is 46.5 Å². The van der Waals surface area contributed by atoms with Gasteiger partial charge < -0.3 is 0 Å². The van der Waals surface area contributed by atoms with Crippen LogP contribution in [0.5, 0.6) is 0 Å². The van der Waals surface area contributed by atoms with Gasteiger partial charge in [0.15, 0.2) is 11.6 Å². The van der Waals surface area contributed by atoms with E-state index in [9.17, 15) is 9.59 Å². The number of benzene rings is 1. The zero-order valence-corrected chi connectivity index (χ0v) is 15.1. The summed E-state index contributed by atoms with van der Waals surface area (Å²) in [6.07, 6.45) is 6.27. The van der Waals surface area contributed by atoms with E-state index in [2.05, 4.69) is 20.8 Å². The second-order valence-corrected chi connectivity index (χ2v) is 7.60. The highest BCUT2D eigenvalue weighted by atomic mass is 16.1. The third-order valence-electron chi connectivity index (χ3n) is 6.06. The lowest BCUT2D eigenvalue weighted by Gasteiger charge is -2.35. The van der Waals surface area contributed by atoms with E-state index >= 15 is 0 Å². The Labute approximate surface area is 145 Å². The molecule has 3 atom stereocenters. The summed E-state index contributed by atoms with van der Waals surface area (Å²) in [4.78, 5) is 26.1. The van der Waals surface area contributed by atoms with Gasteiger partial charge in [-0.1, -0.05) is 64.3 Å². The van der Waals surface area contributed by atoms with Gasteiger partial charge in [-0.05, 0) is 37.0 Å². The molecule has 0 radical (unpaired) electrons. The van der Waals surface area contributed by atoms with Gasteiger partial charge in [0.1, 0.15) is 0 Å². The lowest BCUT2D eigenvalue weighted by atomic mass is 9.67. The van der Waals surface area contributed by atoms with Gasteiger partial charge in [-0.2, -0.15) is 0 Å². The summed E-state index contributed by atoms with van der Waals surface area (Å²) >= 11 is 0. The smallest absolute Gasteiger partial charge is 0.190 e. The minimum atomic E-state index is 0.104. The maximum Gasteiger partial charge on any atom is 0.190 e. The summed E-state index contributed by atoms with van der Waals surface area (Å²) in [5, 5.41) is 0. The fourth-order valence-corrected chi connectivity index (χ4v) is 4.24. The minimum absolute atomic E-state index is 0.104. The third-order valence-corrected chi connectivity index (χ3v) is 6.06. The summed E-state index contributed by atoms with van der Waals surface area (Å²) in [5.41, 5.74) is 2.90. The first-order valence-corrected chi connectivity index (χ1v) is 9.48. The fraction of sp³-hybridized carbons (Fsp3) is 0.545. The van der Waals surface area contributed by atoms with E-state index in [1.54, 1.807) is 0 Å². The number of allylic oxidation sites excluding steroid dienone is 2. The van der Waals surface area contributed by atoms with Crippen molar-refractivity contribution in [3.63, 3.8) is 0 Å². The average Bonchev–Trinajstić information content (AvgIpc) is 2.63. The lowest BCUT2D eigenvalue weighted by molar-refractivity contribution is 0.0943. The van der Waals surface area contributed by atoms with Crippen LogP contribution in [0.3, 0.4) is 0 Å². The molecule has 0 heterocycles. The van der Waals surface area contributed by atoms with Gasteiger partial charge in [0.2, 0.25) is 0 Å². The molecule has 0 fully saturated rings. The molecule has 0 aliphatic heterocycles. The van der Waals surface area contributed by atoms with Gasteiger partial charge in [0.05, 0.1) is 0 Å². The first-order chi connectivity index (χ1) is 11.6. The van der Waals surface area contributed by atoms with Crippen LogP contribution in [0, 0.1) is 17.8 Å². The largest absolute Gasteiger partial charge is 0.289 e. The van der Waals surface area contributed by atoms with Gasteiger partial charge in [-0.3, -0.25) is 9.59 Å². The van der Waals surface area contributed by atoms with Crippen LogP contribution in [-0.2, 0) is 0 Å². The first kappa shape index (κ1) is 17.1. The van der Waals surface area contributed by atoms with Crippen LogP contribution < -0.4 is 0 Å². The quantitative estimate of drug-likeness (QED) is 0.704. The van der Waals surface area contributed by atoms with E-state index in [-0.39, 0.29) is 17.5 Å². The number of fused-ring (bicyclic) bond motifs is 1. The second kappa shape index (κ2) is 7.04. The molecule has 2 aliphatic rings. The third kappa shape index (κ3) is 2.99.